The molecule has 0 aromatic heterocycles. The monoisotopic (exact) mass is 265 g/mol. The molecule has 3 nitrogen and oxygen atoms in total. The van der Waals surface area contributed by atoms with Crippen LogP contribution < -0.4 is 0 Å². The van der Waals surface area contributed by atoms with Gasteiger partial charge in [0.1, 0.15) is 0 Å². The summed E-state index contributed by atoms with van der Waals surface area (Å²) in [5.74, 6) is -0.822. The molecule has 1 saturated heterocycles. The fourth-order valence-electron chi connectivity index (χ4n) is 2.60. The summed E-state index contributed by atoms with van der Waals surface area (Å²) >= 11 is 0. The molecule has 0 amide bonds. The second-order valence-electron chi connectivity index (χ2n) is 4.95. The van der Waals surface area contributed by atoms with Gasteiger partial charge in [0.2, 0.25) is 0 Å². The molecule has 2 rings (SSSR count). The highest BCUT2D eigenvalue weighted by atomic mass is 19.1. The third kappa shape index (κ3) is 3.53. The number of hydrogen-bond acceptors (Lipinski definition) is 3. The van der Waals surface area contributed by atoms with Crippen LogP contribution in [0.25, 0.3) is 0 Å². The molecule has 0 saturated carbocycles. The van der Waals surface area contributed by atoms with Crippen LogP contribution in [0.4, 0.5) is 4.39 Å². The molecule has 1 heterocycles. The van der Waals surface area contributed by atoms with Crippen molar-refractivity contribution >= 4 is 5.97 Å². The maximum atomic E-state index is 13.0. The summed E-state index contributed by atoms with van der Waals surface area (Å²) in [6.07, 6.45) is 0. The number of carbonyl (C=O) groups excluding carboxylic acids is 1. The molecule has 1 aliphatic heterocycles. The van der Waals surface area contributed by atoms with Gasteiger partial charge in [-0.05, 0) is 12.5 Å². The van der Waals surface area contributed by atoms with Crippen molar-refractivity contribution in [3.8, 4) is 0 Å². The number of alkyl halides is 1. The smallest absolute Gasteiger partial charge is 0.310 e. The topological polar surface area (TPSA) is 29.5 Å². The number of halogens is 1. The van der Waals surface area contributed by atoms with Crippen molar-refractivity contribution in [2.24, 2.45) is 11.8 Å². The van der Waals surface area contributed by atoms with Crippen molar-refractivity contribution in [3.63, 3.8) is 0 Å². The van der Waals surface area contributed by atoms with E-state index in [4.69, 9.17) is 4.74 Å². The summed E-state index contributed by atoms with van der Waals surface area (Å²) in [6, 6.07) is 10.0. The predicted molar refractivity (Wildman–Crippen MR) is 71.3 cm³/mol. The molecular weight excluding hydrogens is 245 g/mol. The first kappa shape index (κ1) is 14.0. The molecule has 1 aromatic carbocycles. The Morgan fingerprint density at radius 1 is 1.37 bits per heavy atom. The lowest BCUT2D eigenvalue weighted by molar-refractivity contribution is -0.149. The maximum Gasteiger partial charge on any atom is 0.310 e. The van der Waals surface area contributed by atoms with Gasteiger partial charge in [0.05, 0.1) is 19.2 Å². The van der Waals surface area contributed by atoms with Crippen LogP contribution in [-0.4, -0.2) is 37.2 Å². The van der Waals surface area contributed by atoms with Gasteiger partial charge in [-0.3, -0.25) is 14.1 Å². The Balaban J connectivity index is 1.97. The molecule has 0 radical (unpaired) electrons. The van der Waals surface area contributed by atoms with Crippen LogP contribution in [0.15, 0.2) is 30.3 Å². The molecule has 0 aliphatic carbocycles. The zero-order valence-corrected chi connectivity index (χ0v) is 11.2. The summed E-state index contributed by atoms with van der Waals surface area (Å²) in [5, 5.41) is 0. The largest absolute Gasteiger partial charge is 0.466 e. The molecule has 2 atom stereocenters. The number of nitrogens with zero attached hydrogens (tertiary/aromatic N) is 1. The van der Waals surface area contributed by atoms with E-state index in [1.165, 1.54) is 5.56 Å². The van der Waals surface area contributed by atoms with Crippen molar-refractivity contribution in [2.75, 3.05) is 26.4 Å². The van der Waals surface area contributed by atoms with Crippen LogP contribution in [0.3, 0.4) is 0 Å². The van der Waals surface area contributed by atoms with Gasteiger partial charge in [-0.1, -0.05) is 30.3 Å². The number of carbonyl (C=O) groups is 1. The van der Waals surface area contributed by atoms with Crippen molar-refractivity contribution in [3.05, 3.63) is 35.9 Å². The lowest BCUT2D eigenvalue weighted by Crippen LogP contribution is -2.26. The highest BCUT2D eigenvalue weighted by Crippen LogP contribution is 2.26. The molecule has 0 N–H and O–H groups in total. The molecule has 104 valence electrons. The van der Waals surface area contributed by atoms with Crippen LogP contribution in [0.5, 0.6) is 0 Å². The Kier molecular flexibility index (Phi) is 4.91. The van der Waals surface area contributed by atoms with E-state index in [0.717, 1.165) is 6.54 Å². The second-order valence-corrected chi connectivity index (χ2v) is 4.95. The Morgan fingerprint density at radius 2 is 2.11 bits per heavy atom. The van der Waals surface area contributed by atoms with Crippen LogP contribution in [0.1, 0.15) is 12.5 Å². The lowest BCUT2D eigenvalue weighted by Gasteiger charge is -2.15. The molecule has 0 unspecified atom stereocenters. The number of rotatable bonds is 5. The van der Waals surface area contributed by atoms with Crippen molar-refractivity contribution in [2.45, 2.75) is 13.5 Å². The first-order valence-corrected chi connectivity index (χ1v) is 6.73. The SMILES string of the molecule is CCOC(=O)[C@H]1CN(Cc2ccccc2)C[C@@H]1CF. The minimum Gasteiger partial charge on any atom is -0.466 e. The van der Waals surface area contributed by atoms with Crippen molar-refractivity contribution < 1.29 is 13.9 Å². The molecule has 1 aliphatic rings. The highest BCUT2D eigenvalue weighted by Gasteiger charge is 2.38. The fraction of sp³-hybridized carbons (Fsp3) is 0.533. The van der Waals surface area contributed by atoms with Gasteiger partial charge in [0.15, 0.2) is 0 Å². The van der Waals surface area contributed by atoms with Gasteiger partial charge in [-0.15, -0.1) is 0 Å². The number of likely N-dealkylation sites (tertiary alicyclic amines) is 1. The number of hydrogen-bond donors (Lipinski definition) is 0. The molecule has 1 aromatic rings. The van der Waals surface area contributed by atoms with Crippen LogP contribution in [0, 0.1) is 11.8 Å². The quantitative estimate of drug-likeness (QED) is 0.765. The van der Waals surface area contributed by atoms with Gasteiger partial charge in [-0.2, -0.15) is 0 Å². The lowest BCUT2D eigenvalue weighted by atomic mass is 9.98. The molecule has 0 spiro atoms. The molecule has 19 heavy (non-hydrogen) atoms. The Labute approximate surface area is 113 Å². The van der Waals surface area contributed by atoms with Crippen LogP contribution in [0.2, 0.25) is 0 Å². The molecule has 4 heteroatoms. The van der Waals surface area contributed by atoms with Gasteiger partial charge in [0.25, 0.3) is 0 Å². The highest BCUT2D eigenvalue weighted by molar-refractivity contribution is 5.73. The van der Waals surface area contributed by atoms with Crippen molar-refractivity contribution in [1.29, 1.82) is 0 Å². The molecular formula is C15H20FNO2. The van der Waals surface area contributed by atoms with E-state index in [0.29, 0.717) is 19.7 Å². The van der Waals surface area contributed by atoms with Gasteiger partial charge in [-0.25, -0.2) is 0 Å². The Bertz CT molecular complexity index is 410. The second kappa shape index (κ2) is 6.66. The standard InChI is InChI=1S/C15H20FNO2/c1-2-19-15(18)14-11-17(10-13(14)8-16)9-12-6-4-3-5-7-12/h3-7,13-14H,2,8-11H2,1H3/t13-,14-/m0/s1. The van der Waals surface area contributed by atoms with Crippen LogP contribution >= 0.6 is 0 Å². The minimum absolute atomic E-state index is 0.234. The van der Waals surface area contributed by atoms with Crippen LogP contribution in [-0.2, 0) is 16.1 Å². The summed E-state index contributed by atoms with van der Waals surface area (Å²) in [5.41, 5.74) is 1.18. The van der Waals surface area contributed by atoms with Crippen molar-refractivity contribution in [1.82, 2.24) is 4.90 Å². The van der Waals surface area contributed by atoms with E-state index in [1.54, 1.807) is 6.92 Å². The third-order valence-electron chi connectivity index (χ3n) is 3.55. The normalized spacial score (nSPS) is 23.5. The molecule has 1 fully saturated rings. The third-order valence-corrected chi connectivity index (χ3v) is 3.55. The number of benzene rings is 1. The van der Waals surface area contributed by atoms with E-state index in [1.807, 2.05) is 30.3 Å². The first-order chi connectivity index (χ1) is 9.24. The average Bonchev–Trinajstić information content (AvgIpc) is 2.83. The van der Waals surface area contributed by atoms with E-state index in [-0.39, 0.29) is 17.8 Å². The summed E-state index contributed by atoms with van der Waals surface area (Å²) < 4.78 is 18.1. The maximum absolute atomic E-state index is 13.0. The van der Waals surface area contributed by atoms with Gasteiger partial charge < -0.3 is 4.74 Å². The van der Waals surface area contributed by atoms with Gasteiger partial charge >= 0.3 is 5.97 Å². The van der Waals surface area contributed by atoms with Gasteiger partial charge in [0, 0.05) is 25.6 Å². The predicted octanol–water partition coefficient (Wildman–Crippen LogP) is 2.27. The summed E-state index contributed by atoms with van der Waals surface area (Å²) in [6.45, 7) is 3.63. The van der Waals surface area contributed by atoms with E-state index < -0.39 is 6.67 Å². The molecule has 0 bridgehead atoms. The summed E-state index contributed by atoms with van der Waals surface area (Å²) in [7, 11) is 0. The van der Waals surface area contributed by atoms with E-state index >= 15 is 0 Å². The Hall–Kier alpha value is -1.42. The zero-order valence-electron chi connectivity index (χ0n) is 11.2. The Morgan fingerprint density at radius 3 is 2.74 bits per heavy atom. The number of esters is 1. The number of ether oxygens (including phenoxy) is 1. The average molecular weight is 265 g/mol. The first-order valence-electron chi connectivity index (χ1n) is 6.73. The fourth-order valence-corrected chi connectivity index (χ4v) is 2.60. The zero-order chi connectivity index (χ0) is 13.7. The summed E-state index contributed by atoms with van der Waals surface area (Å²) in [4.78, 5) is 13.9. The van der Waals surface area contributed by atoms with E-state index in [2.05, 4.69) is 4.90 Å². The van der Waals surface area contributed by atoms with E-state index in [9.17, 15) is 9.18 Å². The minimum atomic E-state index is -0.464.